The minimum Gasteiger partial charge on any atom is -0.644 e. The van der Waals surface area contributed by atoms with Gasteiger partial charge in [0.2, 0.25) is 0 Å². The van der Waals surface area contributed by atoms with E-state index < -0.39 is 10.8 Å². The molecule has 0 bridgehead atoms. The second kappa shape index (κ2) is 4.00. The Bertz CT molecular complexity index is 668. The fraction of sp³-hybridized carbons (Fsp3) is 0.214. The molecule has 4 heteroatoms. The molecule has 3 nitrogen and oxygen atoms in total. The number of aromatic nitrogens is 1. The molecule has 0 radical (unpaired) electrons. The predicted molar refractivity (Wildman–Crippen MR) is 74.2 cm³/mol. The van der Waals surface area contributed by atoms with E-state index in [0.29, 0.717) is 12.1 Å². The molecule has 0 spiro atoms. The summed E-state index contributed by atoms with van der Waals surface area (Å²) in [5.74, 6) is 0. The van der Waals surface area contributed by atoms with E-state index in [4.69, 9.17) is 0 Å². The number of carbonyl (C=O) groups excluding carboxylic acids is 1. The molecule has 0 N–H and O–H groups in total. The molecule has 2 heterocycles. The molecule has 1 aliphatic carbocycles. The van der Waals surface area contributed by atoms with Crippen molar-refractivity contribution < 1.29 is 9.35 Å². The van der Waals surface area contributed by atoms with Crippen LogP contribution in [0.4, 0.5) is 0 Å². The third kappa shape index (κ3) is 1.61. The Morgan fingerprint density at radius 3 is 2.83 bits per heavy atom. The highest BCUT2D eigenvalue weighted by atomic mass is 32.2. The molecule has 0 saturated carbocycles. The van der Waals surface area contributed by atoms with E-state index in [-0.39, 0.29) is 5.12 Å². The van der Waals surface area contributed by atoms with Gasteiger partial charge in [-0.05, 0) is 32.1 Å². The maximum absolute atomic E-state index is 12.2. The van der Waals surface area contributed by atoms with E-state index in [9.17, 15) is 9.35 Å². The lowest BCUT2D eigenvalue weighted by Crippen LogP contribution is -2.27. The van der Waals surface area contributed by atoms with Gasteiger partial charge in [0.05, 0.1) is 0 Å². The Hall–Kier alpha value is -1.52. The minimum absolute atomic E-state index is 0.328. The summed E-state index contributed by atoms with van der Waals surface area (Å²) in [7, 11) is -1.98. The van der Waals surface area contributed by atoms with Gasteiger partial charge in [-0.3, -0.25) is 0 Å². The summed E-state index contributed by atoms with van der Waals surface area (Å²) >= 11 is 0. The first kappa shape index (κ1) is 11.6. The molecule has 0 fully saturated rings. The molecule has 1 aromatic rings. The lowest BCUT2D eigenvalue weighted by Gasteiger charge is -2.24. The van der Waals surface area contributed by atoms with Crippen LogP contribution in [-0.4, -0.2) is 19.5 Å². The molecule has 18 heavy (non-hydrogen) atoms. The number of carbonyl (C=O) groups is 1. The van der Waals surface area contributed by atoms with Crippen molar-refractivity contribution in [2.24, 2.45) is 0 Å². The number of rotatable bonds is 0. The summed E-state index contributed by atoms with van der Waals surface area (Å²) < 4.78 is 12.2. The normalized spacial score (nSPS) is 22.1. The predicted octanol–water partition coefficient (Wildman–Crippen LogP) is 1.93. The number of hydrogen-bond acceptors (Lipinski definition) is 3. The first-order chi connectivity index (χ1) is 8.58. The van der Waals surface area contributed by atoms with Crippen molar-refractivity contribution in [1.29, 1.82) is 0 Å². The van der Waals surface area contributed by atoms with Crippen molar-refractivity contribution in [3.63, 3.8) is 0 Å². The van der Waals surface area contributed by atoms with E-state index in [0.717, 1.165) is 27.3 Å². The van der Waals surface area contributed by atoms with Crippen LogP contribution in [-0.2, 0) is 10.8 Å². The fourth-order valence-electron chi connectivity index (χ4n) is 2.32. The third-order valence-corrected chi connectivity index (χ3v) is 4.72. The molecule has 2 aliphatic rings. The Morgan fingerprint density at radius 2 is 2.06 bits per heavy atom. The number of hydrogen-bond donors (Lipinski definition) is 0. The topological polar surface area (TPSA) is 53.0 Å². The van der Waals surface area contributed by atoms with Crippen LogP contribution in [0.1, 0.15) is 35.1 Å². The summed E-state index contributed by atoms with van der Waals surface area (Å²) in [6.07, 6.45) is 4.59. The number of pyridine rings is 1. The molecular formula is C14H13NO2S. The van der Waals surface area contributed by atoms with E-state index in [1.54, 1.807) is 0 Å². The summed E-state index contributed by atoms with van der Waals surface area (Å²) in [4.78, 5) is 17.1. The Kier molecular flexibility index (Phi) is 2.57. The summed E-state index contributed by atoms with van der Waals surface area (Å²) in [6, 6.07) is 3.78. The Labute approximate surface area is 108 Å². The average molecular weight is 259 g/mol. The molecule has 0 aromatic carbocycles. The zero-order chi connectivity index (χ0) is 12.9. The van der Waals surface area contributed by atoms with E-state index in [1.165, 1.54) is 0 Å². The van der Waals surface area contributed by atoms with Crippen LogP contribution in [0, 0.1) is 6.92 Å². The van der Waals surface area contributed by atoms with Gasteiger partial charge in [-0.1, -0.05) is 11.6 Å². The van der Waals surface area contributed by atoms with E-state index in [2.05, 4.69) is 4.98 Å². The van der Waals surface area contributed by atoms with Gasteiger partial charge >= 0.3 is 5.12 Å². The number of allylic oxidation sites excluding steroid dienone is 4. The fourth-order valence-corrected chi connectivity index (χ4v) is 3.74. The highest BCUT2D eigenvalue weighted by Crippen LogP contribution is 2.31. The van der Waals surface area contributed by atoms with Gasteiger partial charge in [0.15, 0.2) is 5.69 Å². The maximum Gasteiger partial charge on any atom is 0.340 e. The Morgan fingerprint density at radius 1 is 1.28 bits per heavy atom. The van der Waals surface area contributed by atoms with Crippen molar-refractivity contribution in [2.45, 2.75) is 20.3 Å². The molecule has 1 unspecified atom stereocenters. The van der Waals surface area contributed by atoms with Gasteiger partial charge in [0, 0.05) is 23.3 Å². The molecule has 3 rings (SSSR count). The second-order valence-electron chi connectivity index (χ2n) is 4.67. The van der Waals surface area contributed by atoms with Crippen molar-refractivity contribution in [3.8, 4) is 0 Å². The van der Waals surface area contributed by atoms with Crippen LogP contribution >= 0.6 is 0 Å². The van der Waals surface area contributed by atoms with Crippen molar-refractivity contribution in [3.05, 3.63) is 46.8 Å². The van der Waals surface area contributed by atoms with Gasteiger partial charge in [0.25, 0.3) is 0 Å². The monoisotopic (exact) mass is 259 g/mol. The van der Waals surface area contributed by atoms with Crippen molar-refractivity contribution >= 4 is 26.3 Å². The molecule has 92 valence electrons. The molecule has 1 atom stereocenters. The maximum atomic E-state index is 12.2. The summed E-state index contributed by atoms with van der Waals surface area (Å²) in [5, 5.41) is -0.328. The Balaban J connectivity index is 2.31. The SMILES string of the molecule is CC1=CC=C2C(=[SH+]([O-])C(=O)c3nc(C)ccc32)C1. The molecular weight excluding hydrogens is 246 g/mol. The van der Waals surface area contributed by atoms with Gasteiger partial charge in [-0.15, -0.1) is 10.8 Å². The molecule has 1 aliphatic heterocycles. The standard InChI is InChI=1S/C14H13NO2S/c1-8-3-5-10-11-6-4-9(2)15-13(11)14(16)18(17)12(10)7-8/h3-6,18H,7H2,1-2H3. The number of nitrogens with zero attached hydrogens (tertiary/aromatic N) is 1. The second-order valence-corrected chi connectivity index (χ2v) is 6.20. The quantitative estimate of drug-likeness (QED) is 0.406. The van der Waals surface area contributed by atoms with Gasteiger partial charge in [-0.25, -0.2) is 9.78 Å². The third-order valence-electron chi connectivity index (χ3n) is 3.25. The summed E-state index contributed by atoms with van der Waals surface area (Å²) in [6.45, 7) is 3.82. The molecule has 0 saturated heterocycles. The lowest BCUT2D eigenvalue weighted by atomic mass is 9.92. The van der Waals surface area contributed by atoms with Crippen molar-refractivity contribution in [2.75, 3.05) is 0 Å². The van der Waals surface area contributed by atoms with Crippen molar-refractivity contribution in [1.82, 2.24) is 4.98 Å². The number of aryl methyl sites for hydroxylation is 1. The van der Waals surface area contributed by atoms with Gasteiger partial charge in [-0.2, -0.15) is 0 Å². The largest absolute Gasteiger partial charge is 0.644 e. The van der Waals surface area contributed by atoms with Crippen LogP contribution in [0.25, 0.3) is 5.57 Å². The average Bonchev–Trinajstić information content (AvgIpc) is 2.36. The zero-order valence-electron chi connectivity index (χ0n) is 10.2. The highest BCUT2D eigenvalue weighted by molar-refractivity contribution is 8.06. The first-order valence-electron chi connectivity index (χ1n) is 5.81. The van der Waals surface area contributed by atoms with E-state index in [1.807, 2.05) is 38.1 Å². The molecule has 0 amide bonds. The minimum atomic E-state index is -1.98. The lowest BCUT2D eigenvalue weighted by molar-refractivity contribution is 0.107. The van der Waals surface area contributed by atoms with Crippen LogP contribution in [0.2, 0.25) is 0 Å². The van der Waals surface area contributed by atoms with Crippen LogP contribution < -0.4 is 0 Å². The van der Waals surface area contributed by atoms with Crippen LogP contribution in [0.3, 0.4) is 0 Å². The molecule has 1 aromatic heterocycles. The highest BCUT2D eigenvalue weighted by Gasteiger charge is 2.32. The smallest absolute Gasteiger partial charge is 0.340 e. The van der Waals surface area contributed by atoms with Gasteiger partial charge in [0.1, 0.15) is 4.86 Å². The van der Waals surface area contributed by atoms with Gasteiger partial charge < -0.3 is 4.55 Å². The number of fused-ring (bicyclic) bond motifs is 3. The number of thiol groups is 1. The zero-order valence-corrected chi connectivity index (χ0v) is 11.1. The van der Waals surface area contributed by atoms with Crippen LogP contribution in [0.15, 0.2) is 29.9 Å². The summed E-state index contributed by atoms with van der Waals surface area (Å²) in [5.41, 5.74) is 4.01. The van der Waals surface area contributed by atoms with E-state index >= 15 is 0 Å². The first-order valence-corrected chi connectivity index (χ1v) is 7.07. The van der Waals surface area contributed by atoms with Crippen LogP contribution in [0.5, 0.6) is 0 Å².